The number of hydrogen-bond acceptors (Lipinski definition) is 4. The summed E-state index contributed by atoms with van der Waals surface area (Å²) in [5, 5.41) is 9.86. The molecule has 0 saturated heterocycles. The second-order valence-electron chi connectivity index (χ2n) is 4.85. The Labute approximate surface area is 150 Å². The number of anilines is 1. The van der Waals surface area contributed by atoms with E-state index in [1.165, 1.54) is 0 Å². The van der Waals surface area contributed by atoms with Crippen molar-refractivity contribution in [2.24, 2.45) is 4.99 Å². The predicted molar refractivity (Wildman–Crippen MR) is 103 cm³/mol. The lowest BCUT2D eigenvalue weighted by atomic mass is 10.3. The fourth-order valence-corrected chi connectivity index (χ4v) is 1.86. The summed E-state index contributed by atoms with van der Waals surface area (Å²) in [6.07, 6.45) is 3.94. The number of nitrogens with one attached hydrogen (secondary N) is 3. The Balaban J connectivity index is 0.00000441. The van der Waals surface area contributed by atoms with Crippen LogP contribution in [0.25, 0.3) is 0 Å². The molecule has 0 aromatic carbocycles. The van der Waals surface area contributed by atoms with Gasteiger partial charge in [-0.05, 0) is 31.9 Å². The van der Waals surface area contributed by atoms with Crippen LogP contribution in [-0.2, 0) is 4.74 Å². The minimum absolute atomic E-state index is 0. The minimum atomic E-state index is 0. The highest BCUT2D eigenvalue weighted by Gasteiger charge is 2.03. The second kappa shape index (κ2) is 13.6. The monoisotopic (exact) mass is 421 g/mol. The lowest BCUT2D eigenvalue weighted by Crippen LogP contribution is -2.44. The van der Waals surface area contributed by atoms with Crippen LogP contribution in [0.15, 0.2) is 29.4 Å². The molecule has 1 atom stereocenters. The highest BCUT2D eigenvalue weighted by atomic mass is 127. The average Bonchev–Trinajstić information content (AvgIpc) is 2.50. The largest absolute Gasteiger partial charge is 0.383 e. The summed E-state index contributed by atoms with van der Waals surface area (Å²) in [4.78, 5) is 8.41. The van der Waals surface area contributed by atoms with Crippen molar-refractivity contribution in [2.75, 3.05) is 39.2 Å². The Bertz CT molecular complexity index is 402. The molecular formula is C15H28IN5O. The molecule has 0 saturated carbocycles. The molecule has 0 fully saturated rings. The van der Waals surface area contributed by atoms with Crippen LogP contribution in [0.1, 0.15) is 19.8 Å². The summed E-state index contributed by atoms with van der Waals surface area (Å²) < 4.78 is 5.09. The summed E-state index contributed by atoms with van der Waals surface area (Å²) in [5.41, 5.74) is 0. The first kappa shape index (κ1) is 20.9. The Hall–Kier alpha value is -1.09. The van der Waals surface area contributed by atoms with E-state index in [9.17, 15) is 0 Å². The number of aliphatic imine (C=N–C) groups is 1. The molecule has 22 heavy (non-hydrogen) atoms. The van der Waals surface area contributed by atoms with E-state index < -0.39 is 0 Å². The van der Waals surface area contributed by atoms with Crippen molar-refractivity contribution in [1.82, 2.24) is 15.6 Å². The third-order valence-electron chi connectivity index (χ3n) is 2.89. The first-order chi connectivity index (χ1) is 10.3. The quantitative estimate of drug-likeness (QED) is 0.247. The van der Waals surface area contributed by atoms with E-state index in [0.29, 0.717) is 6.61 Å². The highest BCUT2D eigenvalue weighted by molar-refractivity contribution is 14.0. The first-order valence-corrected chi connectivity index (χ1v) is 7.37. The lowest BCUT2D eigenvalue weighted by molar-refractivity contribution is 0.179. The van der Waals surface area contributed by atoms with Crippen molar-refractivity contribution in [3.63, 3.8) is 0 Å². The molecule has 0 radical (unpaired) electrons. The van der Waals surface area contributed by atoms with E-state index in [-0.39, 0.29) is 30.0 Å². The van der Waals surface area contributed by atoms with E-state index in [4.69, 9.17) is 4.74 Å². The van der Waals surface area contributed by atoms with Crippen molar-refractivity contribution in [3.05, 3.63) is 24.4 Å². The normalized spacial score (nSPS) is 12.2. The number of aromatic nitrogens is 1. The van der Waals surface area contributed by atoms with E-state index >= 15 is 0 Å². The number of guanidine groups is 1. The van der Waals surface area contributed by atoms with Crippen LogP contribution in [0.3, 0.4) is 0 Å². The molecule has 0 aliphatic heterocycles. The molecule has 1 aromatic rings. The molecule has 3 N–H and O–H groups in total. The Morgan fingerprint density at radius 3 is 2.73 bits per heavy atom. The maximum absolute atomic E-state index is 5.09. The number of ether oxygens (including phenoxy) is 1. The molecule has 1 unspecified atom stereocenters. The highest BCUT2D eigenvalue weighted by Crippen LogP contribution is 2.00. The second-order valence-corrected chi connectivity index (χ2v) is 4.85. The minimum Gasteiger partial charge on any atom is -0.383 e. The molecule has 1 aromatic heterocycles. The molecule has 0 bridgehead atoms. The molecular weight excluding hydrogens is 393 g/mol. The van der Waals surface area contributed by atoms with Gasteiger partial charge in [0.2, 0.25) is 0 Å². The fourth-order valence-electron chi connectivity index (χ4n) is 1.86. The van der Waals surface area contributed by atoms with E-state index in [1.807, 2.05) is 18.2 Å². The number of nitrogens with zero attached hydrogens (tertiary/aromatic N) is 2. The molecule has 0 spiro atoms. The molecule has 1 heterocycles. The third-order valence-corrected chi connectivity index (χ3v) is 2.89. The van der Waals surface area contributed by atoms with E-state index in [0.717, 1.165) is 37.7 Å². The maximum atomic E-state index is 5.09. The van der Waals surface area contributed by atoms with Crippen LogP contribution in [0.4, 0.5) is 5.82 Å². The number of pyridine rings is 1. The standard InChI is InChI=1S/C15H27N5O.HI/c1-13(12-21-3)20-15(16-2)19-11-7-6-10-18-14-8-4-5-9-17-14;/h4-5,8-9,13H,6-7,10-12H2,1-3H3,(H,17,18)(H2,16,19,20);1H. The fraction of sp³-hybridized carbons (Fsp3) is 0.600. The first-order valence-electron chi connectivity index (χ1n) is 7.37. The van der Waals surface area contributed by atoms with Crippen LogP contribution < -0.4 is 16.0 Å². The van der Waals surface area contributed by atoms with Crippen molar-refractivity contribution >= 4 is 35.8 Å². The van der Waals surface area contributed by atoms with Crippen molar-refractivity contribution < 1.29 is 4.74 Å². The zero-order chi connectivity index (χ0) is 15.3. The maximum Gasteiger partial charge on any atom is 0.191 e. The summed E-state index contributed by atoms with van der Waals surface area (Å²) in [5.74, 6) is 1.74. The van der Waals surface area contributed by atoms with Crippen LogP contribution in [-0.4, -0.2) is 50.8 Å². The van der Waals surface area contributed by atoms with Crippen LogP contribution >= 0.6 is 24.0 Å². The van der Waals surface area contributed by atoms with Gasteiger partial charge in [0.25, 0.3) is 0 Å². The van der Waals surface area contributed by atoms with Crippen molar-refractivity contribution in [1.29, 1.82) is 0 Å². The number of methoxy groups -OCH3 is 1. The SMILES string of the molecule is CN=C(NCCCCNc1ccccn1)NC(C)COC.I. The van der Waals surface area contributed by atoms with Gasteiger partial charge in [0, 0.05) is 39.5 Å². The van der Waals surface area contributed by atoms with Crippen molar-refractivity contribution in [3.8, 4) is 0 Å². The predicted octanol–water partition coefficient (Wildman–Crippen LogP) is 2.09. The van der Waals surface area contributed by atoms with Gasteiger partial charge in [0.15, 0.2) is 5.96 Å². The van der Waals surface area contributed by atoms with Gasteiger partial charge in [-0.2, -0.15) is 0 Å². The van der Waals surface area contributed by atoms with E-state index in [1.54, 1.807) is 20.4 Å². The Kier molecular flexibility index (Phi) is 12.9. The average molecular weight is 421 g/mol. The molecule has 0 amide bonds. The molecule has 6 nitrogen and oxygen atoms in total. The number of unbranched alkanes of at least 4 members (excludes halogenated alkanes) is 1. The number of rotatable bonds is 9. The third kappa shape index (κ3) is 9.78. The van der Waals surface area contributed by atoms with Crippen LogP contribution in [0.5, 0.6) is 0 Å². The number of halogens is 1. The Morgan fingerprint density at radius 1 is 1.32 bits per heavy atom. The van der Waals surface area contributed by atoms with Gasteiger partial charge in [0.1, 0.15) is 5.82 Å². The molecule has 126 valence electrons. The van der Waals surface area contributed by atoms with Gasteiger partial charge in [0.05, 0.1) is 6.61 Å². The van der Waals surface area contributed by atoms with Crippen LogP contribution in [0.2, 0.25) is 0 Å². The van der Waals surface area contributed by atoms with Gasteiger partial charge in [-0.25, -0.2) is 4.98 Å². The topological polar surface area (TPSA) is 70.6 Å². The summed E-state index contributed by atoms with van der Waals surface area (Å²) >= 11 is 0. The molecule has 0 aliphatic carbocycles. The zero-order valence-electron chi connectivity index (χ0n) is 13.6. The summed E-state index contributed by atoms with van der Waals surface area (Å²) in [7, 11) is 3.47. The van der Waals surface area contributed by atoms with Gasteiger partial charge in [-0.15, -0.1) is 24.0 Å². The van der Waals surface area contributed by atoms with Gasteiger partial charge >= 0.3 is 0 Å². The van der Waals surface area contributed by atoms with Crippen LogP contribution in [0, 0.1) is 0 Å². The Morgan fingerprint density at radius 2 is 2.09 bits per heavy atom. The lowest BCUT2D eigenvalue weighted by Gasteiger charge is -2.17. The number of hydrogen-bond donors (Lipinski definition) is 3. The summed E-state index contributed by atoms with van der Waals surface area (Å²) in [6, 6.07) is 6.11. The van der Waals surface area contributed by atoms with E-state index in [2.05, 4.69) is 32.9 Å². The van der Waals surface area contributed by atoms with Gasteiger partial charge in [-0.1, -0.05) is 6.07 Å². The molecule has 1 rings (SSSR count). The van der Waals surface area contributed by atoms with Crippen molar-refractivity contribution in [2.45, 2.75) is 25.8 Å². The zero-order valence-corrected chi connectivity index (χ0v) is 16.0. The van der Waals surface area contributed by atoms with Gasteiger partial charge in [-0.3, -0.25) is 4.99 Å². The smallest absolute Gasteiger partial charge is 0.191 e. The molecule has 7 heteroatoms. The molecule has 0 aliphatic rings. The van der Waals surface area contributed by atoms with Gasteiger partial charge < -0.3 is 20.7 Å². The summed E-state index contributed by atoms with van der Waals surface area (Å²) in [6.45, 7) is 4.54.